The number of hydrogen-bond donors (Lipinski definition) is 2. The lowest BCUT2D eigenvalue weighted by molar-refractivity contribution is -0.130. The molecule has 3 atom stereocenters. The van der Waals surface area contributed by atoms with E-state index >= 15 is 0 Å². The number of Topliss-reactive ketones (excluding diaryl/α,β-unsaturated/α-hetero) is 1. The van der Waals surface area contributed by atoms with Gasteiger partial charge in [0.15, 0.2) is 5.78 Å². The molecule has 2 N–H and O–H groups in total. The Morgan fingerprint density at radius 2 is 1.94 bits per heavy atom. The molecular weight excluding hydrogens is 468 g/mol. The van der Waals surface area contributed by atoms with Crippen molar-refractivity contribution in [3.63, 3.8) is 0 Å². The van der Waals surface area contributed by atoms with E-state index in [2.05, 4.69) is 10.6 Å². The molecule has 2 fully saturated rings. The van der Waals surface area contributed by atoms with Crippen LogP contribution < -0.4 is 10.6 Å². The molecule has 1 aliphatic heterocycles. The molecule has 176 valence electrons. The van der Waals surface area contributed by atoms with E-state index in [4.69, 9.17) is 4.74 Å². The Labute approximate surface area is 206 Å². The number of benzene rings is 2. The van der Waals surface area contributed by atoms with Crippen molar-refractivity contribution in [3.05, 3.63) is 71.1 Å². The molecule has 0 radical (unpaired) electrons. The smallest absolute Gasteiger partial charge is 0.262 e. The van der Waals surface area contributed by atoms with Gasteiger partial charge in [-0.3, -0.25) is 14.4 Å². The summed E-state index contributed by atoms with van der Waals surface area (Å²) in [5, 5.41) is 6.93. The molecule has 3 unspecified atom stereocenters. The molecule has 2 aliphatic rings. The van der Waals surface area contributed by atoms with Crippen molar-refractivity contribution in [1.82, 2.24) is 10.6 Å². The lowest BCUT2D eigenvalue weighted by Crippen LogP contribution is -2.61. The lowest BCUT2D eigenvalue weighted by atomic mass is 9.92. The number of carbonyl (C=O) groups excluding carboxylic acids is 3. The third-order valence-electron chi connectivity index (χ3n) is 6.51. The van der Waals surface area contributed by atoms with E-state index < -0.39 is 11.6 Å². The van der Waals surface area contributed by atoms with E-state index in [1.165, 1.54) is 11.3 Å². The van der Waals surface area contributed by atoms with Gasteiger partial charge in [-0.05, 0) is 42.3 Å². The molecule has 3 aromatic rings. The normalized spacial score (nSPS) is 22.5. The molecule has 1 aliphatic carbocycles. The molecule has 0 bridgehead atoms. The number of thioether (sulfide) groups is 1. The molecular formula is C26H26N2O4S2. The molecule has 5 rings (SSSR count). The predicted octanol–water partition coefficient (Wildman–Crippen LogP) is 3.94. The van der Waals surface area contributed by atoms with E-state index in [1.54, 1.807) is 11.8 Å². The Balaban J connectivity index is 1.32. The molecule has 1 saturated carbocycles. The minimum Gasteiger partial charge on any atom is -0.367 e. The van der Waals surface area contributed by atoms with Crippen LogP contribution in [0.4, 0.5) is 0 Å². The van der Waals surface area contributed by atoms with Gasteiger partial charge < -0.3 is 15.4 Å². The topological polar surface area (TPSA) is 84.5 Å². The fourth-order valence-corrected chi connectivity index (χ4v) is 6.70. The fourth-order valence-electron chi connectivity index (χ4n) is 4.72. The minimum absolute atomic E-state index is 0.0342. The van der Waals surface area contributed by atoms with Gasteiger partial charge in [0.2, 0.25) is 5.91 Å². The number of nitrogens with one attached hydrogen (secondary N) is 2. The molecule has 2 heterocycles. The second kappa shape index (κ2) is 9.90. The van der Waals surface area contributed by atoms with Gasteiger partial charge >= 0.3 is 0 Å². The van der Waals surface area contributed by atoms with Gasteiger partial charge in [0.05, 0.1) is 11.0 Å². The lowest BCUT2D eigenvalue weighted by Gasteiger charge is -2.30. The van der Waals surface area contributed by atoms with Crippen LogP contribution in [0.3, 0.4) is 0 Å². The van der Waals surface area contributed by atoms with E-state index in [-0.39, 0.29) is 30.3 Å². The zero-order valence-corrected chi connectivity index (χ0v) is 20.3. The van der Waals surface area contributed by atoms with Crippen LogP contribution >= 0.6 is 23.1 Å². The Kier molecular flexibility index (Phi) is 6.72. The number of amides is 2. The third-order valence-corrected chi connectivity index (χ3v) is 8.74. The highest BCUT2D eigenvalue weighted by atomic mass is 32.2. The monoisotopic (exact) mass is 494 g/mol. The van der Waals surface area contributed by atoms with Gasteiger partial charge in [0.25, 0.3) is 5.91 Å². The Hall–Kier alpha value is -2.68. The van der Waals surface area contributed by atoms with E-state index in [0.717, 1.165) is 34.2 Å². The van der Waals surface area contributed by atoms with Gasteiger partial charge in [-0.25, -0.2) is 0 Å². The van der Waals surface area contributed by atoms with Crippen LogP contribution in [-0.4, -0.2) is 47.6 Å². The third kappa shape index (κ3) is 4.62. The first-order valence-corrected chi connectivity index (χ1v) is 13.4. The van der Waals surface area contributed by atoms with Crippen molar-refractivity contribution in [2.45, 2.75) is 42.7 Å². The van der Waals surface area contributed by atoms with Crippen LogP contribution in [0, 0.1) is 0 Å². The maximum absolute atomic E-state index is 13.4. The maximum atomic E-state index is 13.4. The van der Waals surface area contributed by atoms with Gasteiger partial charge in [-0.1, -0.05) is 48.5 Å². The SMILES string of the molecule is O=C(NC(CSCc1ccccc1)C(=O)NC12CCCC1OCC2=O)c1cc2ccccc2s1. The largest absolute Gasteiger partial charge is 0.367 e. The van der Waals surface area contributed by atoms with Crippen molar-refractivity contribution in [2.75, 3.05) is 12.4 Å². The molecule has 2 amide bonds. The summed E-state index contributed by atoms with van der Waals surface area (Å²) < 4.78 is 6.66. The number of fused-ring (bicyclic) bond motifs is 2. The van der Waals surface area contributed by atoms with E-state index in [9.17, 15) is 14.4 Å². The van der Waals surface area contributed by atoms with E-state index in [0.29, 0.717) is 17.1 Å². The first-order chi connectivity index (χ1) is 16.5. The Bertz CT molecular complexity index is 1180. The number of hydrogen-bond acceptors (Lipinski definition) is 6. The quantitative estimate of drug-likeness (QED) is 0.496. The molecule has 2 aromatic carbocycles. The molecule has 1 aromatic heterocycles. The summed E-state index contributed by atoms with van der Waals surface area (Å²) in [5.41, 5.74) is 0.193. The summed E-state index contributed by atoms with van der Waals surface area (Å²) in [6.07, 6.45) is 1.89. The number of ether oxygens (including phenoxy) is 1. The standard InChI is InChI=1S/C26H26N2O4S2/c29-22-14-32-23-11-6-12-26(22,23)28-24(30)19(16-33-15-17-7-2-1-3-8-17)27-25(31)21-13-18-9-4-5-10-20(18)34-21/h1-5,7-10,13,19,23H,6,11-12,14-16H2,(H,27,31)(H,28,30). The number of ketones is 1. The summed E-state index contributed by atoms with van der Waals surface area (Å²) in [4.78, 5) is 39.7. The van der Waals surface area contributed by atoms with Gasteiger partial charge in [0.1, 0.15) is 18.2 Å². The highest BCUT2D eigenvalue weighted by Gasteiger charge is 2.55. The Morgan fingerprint density at radius 3 is 2.76 bits per heavy atom. The van der Waals surface area contributed by atoms with Crippen LogP contribution in [0.5, 0.6) is 0 Å². The number of rotatable bonds is 8. The first kappa shape index (κ1) is 23.1. The molecule has 1 saturated heterocycles. The fraction of sp³-hybridized carbons (Fsp3) is 0.346. The number of thiophene rings is 1. The average molecular weight is 495 g/mol. The summed E-state index contributed by atoms with van der Waals surface area (Å²) in [7, 11) is 0. The Morgan fingerprint density at radius 1 is 1.15 bits per heavy atom. The maximum Gasteiger partial charge on any atom is 0.262 e. The van der Waals surface area contributed by atoms with E-state index in [1.807, 2.05) is 60.7 Å². The second-order valence-corrected chi connectivity index (χ2v) is 10.9. The highest BCUT2D eigenvalue weighted by molar-refractivity contribution is 7.98. The van der Waals surface area contributed by atoms with Crippen molar-refractivity contribution in [1.29, 1.82) is 0 Å². The van der Waals surface area contributed by atoms with Gasteiger partial charge in [0, 0.05) is 16.2 Å². The highest BCUT2D eigenvalue weighted by Crippen LogP contribution is 2.38. The predicted molar refractivity (Wildman–Crippen MR) is 135 cm³/mol. The van der Waals surface area contributed by atoms with Crippen molar-refractivity contribution in [3.8, 4) is 0 Å². The zero-order valence-electron chi connectivity index (χ0n) is 18.6. The average Bonchev–Trinajstić information content (AvgIpc) is 3.54. The van der Waals surface area contributed by atoms with Crippen molar-refractivity contribution < 1.29 is 19.1 Å². The summed E-state index contributed by atoms with van der Waals surface area (Å²) in [5.74, 6) is 0.429. The van der Waals surface area contributed by atoms with Crippen LogP contribution in [-0.2, 0) is 20.1 Å². The van der Waals surface area contributed by atoms with Crippen molar-refractivity contribution >= 4 is 50.8 Å². The molecule has 8 heteroatoms. The van der Waals surface area contributed by atoms with Crippen LogP contribution in [0.15, 0.2) is 60.7 Å². The summed E-state index contributed by atoms with van der Waals surface area (Å²) >= 11 is 2.98. The van der Waals surface area contributed by atoms with Gasteiger partial charge in [-0.15, -0.1) is 11.3 Å². The van der Waals surface area contributed by atoms with Crippen LogP contribution in [0.1, 0.15) is 34.5 Å². The summed E-state index contributed by atoms with van der Waals surface area (Å²) in [6, 6.07) is 18.9. The van der Waals surface area contributed by atoms with Gasteiger partial charge in [-0.2, -0.15) is 11.8 Å². The first-order valence-electron chi connectivity index (χ1n) is 11.4. The number of carbonyl (C=O) groups is 3. The van der Waals surface area contributed by atoms with Crippen molar-refractivity contribution in [2.24, 2.45) is 0 Å². The minimum atomic E-state index is -0.957. The molecule has 34 heavy (non-hydrogen) atoms. The molecule has 6 nitrogen and oxygen atoms in total. The van der Waals surface area contributed by atoms with Crippen LogP contribution in [0.2, 0.25) is 0 Å². The second-order valence-electron chi connectivity index (χ2n) is 8.75. The zero-order chi connectivity index (χ0) is 23.5. The summed E-state index contributed by atoms with van der Waals surface area (Å²) in [6.45, 7) is 0.0342. The molecule has 0 spiro atoms. The van der Waals surface area contributed by atoms with Crippen LogP contribution in [0.25, 0.3) is 10.1 Å².